The maximum atomic E-state index is 11.5. The summed E-state index contributed by atoms with van der Waals surface area (Å²) in [7, 11) is -1.65. The first kappa shape index (κ1) is 39.7. The van der Waals surface area contributed by atoms with Crippen molar-refractivity contribution >= 4 is 44.6 Å². The summed E-state index contributed by atoms with van der Waals surface area (Å²) in [6.07, 6.45) is 8.51. The molecular formula is C30H46O3P3PtSe. The van der Waals surface area contributed by atoms with Crippen LogP contribution in [0, 0.1) is 0 Å². The van der Waals surface area contributed by atoms with Gasteiger partial charge in [-0.25, -0.2) is 4.57 Å². The Bertz CT molecular complexity index is 832. The third kappa shape index (κ3) is 22.4. The molecule has 0 unspecified atom stereocenters. The molecule has 0 aliphatic heterocycles. The Kier molecular flexibility index (Phi) is 29.4. The van der Waals surface area contributed by atoms with Crippen molar-refractivity contribution in [3.8, 4) is 11.5 Å². The quantitative estimate of drug-likeness (QED) is 0.151. The van der Waals surface area contributed by atoms with Crippen molar-refractivity contribution in [2.75, 3.05) is 37.0 Å². The van der Waals surface area contributed by atoms with Crippen LogP contribution >= 0.6 is 24.1 Å². The Labute approximate surface area is 258 Å². The molecule has 3 aromatic rings. The van der Waals surface area contributed by atoms with Crippen LogP contribution in [0.1, 0.15) is 41.5 Å². The molecule has 1 radical (unpaired) electrons. The van der Waals surface area contributed by atoms with Gasteiger partial charge in [0.2, 0.25) is 0 Å². The Morgan fingerprint density at radius 3 is 1.00 bits per heavy atom. The zero-order valence-corrected chi connectivity index (χ0v) is 30.5. The van der Waals surface area contributed by atoms with Gasteiger partial charge in [-0.15, -0.1) is 15.8 Å². The average Bonchev–Trinajstić information content (AvgIpc) is 2.93. The van der Waals surface area contributed by atoms with E-state index in [2.05, 4.69) is 57.6 Å². The fourth-order valence-corrected chi connectivity index (χ4v) is 6.66. The Hall–Kier alpha value is -0.442. The topological polar surface area (TPSA) is 35.5 Å². The number of para-hydroxylation sites is 2. The first-order valence-corrected chi connectivity index (χ1v) is 19.0. The van der Waals surface area contributed by atoms with Crippen molar-refractivity contribution in [1.82, 2.24) is 0 Å². The molecular weight excluding hydrogens is 775 g/mol. The molecule has 8 heteroatoms. The normalized spacial score (nSPS) is 9.61. The first-order valence-electron chi connectivity index (χ1n) is 13.1. The van der Waals surface area contributed by atoms with Gasteiger partial charge < -0.3 is 9.05 Å². The zero-order chi connectivity index (χ0) is 27.7. The van der Waals surface area contributed by atoms with Crippen LogP contribution in [-0.2, 0) is 25.6 Å². The van der Waals surface area contributed by atoms with E-state index in [4.69, 9.17) is 9.05 Å². The second kappa shape index (κ2) is 28.1. The van der Waals surface area contributed by atoms with Gasteiger partial charge in [0.25, 0.3) is 0 Å². The van der Waals surface area contributed by atoms with Crippen molar-refractivity contribution in [2.45, 2.75) is 41.5 Å². The summed E-state index contributed by atoms with van der Waals surface area (Å²) < 4.78 is 23.0. The van der Waals surface area contributed by atoms with Gasteiger partial charge in [-0.05, 0) is 61.2 Å². The third-order valence-corrected chi connectivity index (χ3v) is 12.1. The first-order chi connectivity index (χ1) is 17.9. The van der Waals surface area contributed by atoms with E-state index in [-0.39, 0.29) is 21.1 Å². The summed E-state index contributed by atoms with van der Waals surface area (Å²) in [4.78, 5) is 0. The number of rotatable bonds is 10. The molecule has 0 saturated carbocycles. The van der Waals surface area contributed by atoms with E-state index < -0.39 is 8.25 Å². The Morgan fingerprint density at radius 1 is 0.553 bits per heavy atom. The standard InChI is InChI=1S/C12H11O3P.2C6H15P.C6H5Se.Pt/c13-16(14-11-7-3-1-4-8-11)15-12-9-5-2-6-10-12;2*1-4-7(5-2)6-3;7-6-4-2-1-3-5-6;/h1-10,16H;2*4-6H2,1-3H3;1-5H;. The molecule has 38 heavy (non-hydrogen) atoms. The van der Waals surface area contributed by atoms with Crippen molar-refractivity contribution in [3.05, 3.63) is 91.0 Å². The van der Waals surface area contributed by atoms with Gasteiger partial charge in [0.1, 0.15) is 11.5 Å². The molecule has 0 aromatic heterocycles. The molecule has 0 heterocycles. The summed E-state index contributed by atoms with van der Waals surface area (Å²) in [6.45, 7) is 13.7. The molecule has 215 valence electrons. The predicted molar refractivity (Wildman–Crippen MR) is 172 cm³/mol. The van der Waals surface area contributed by atoms with E-state index in [0.29, 0.717) is 27.3 Å². The Morgan fingerprint density at radius 2 is 0.816 bits per heavy atom. The number of benzene rings is 3. The molecule has 3 nitrogen and oxygen atoms in total. The summed E-state index contributed by atoms with van der Waals surface area (Å²) in [6, 6.07) is 28.0. The van der Waals surface area contributed by atoms with E-state index >= 15 is 0 Å². The van der Waals surface area contributed by atoms with Gasteiger partial charge >= 0.3 is 59.1 Å². The van der Waals surface area contributed by atoms with Gasteiger partial charge in [0.15, 0.2) is 0 Å². The molecule has 3 rings (SSSR count). The molecule has 0 spiro atoms. The molecule has 0 saturated heterocycles. The van der Waals surface area contributed by atoms with Crippen LogP contribution in [0.25, 0.3) is 0 Å². The van der Waals surface area contributed by atoms with Crippen molar-refractivity contribution in [2.24, 2.45) is 0 Å². The van der Waals surface area contributed by atoms with Crippen LogP contribution in [0.3, 0.4) is 0 Å². The van der Waals surface area contributed by atoms with Crippen LogP contribution in [0.5, 0.6) is 11.5 Å². The number of hydrogen-bond acceptors (Lipinski definition) is 3. The van der Waals surface area contributed by atoms with E-state index in [1.165, 1.54) is 41.4 Å². The summed E-state index contributed by atoms with van der Waals surface area (Å²) in [5, 5.41) is 0. The van der Waals surface area contributed by atoms with E-state index in [9.17, 15) is 4.57 Å². The molecule has 0 fully saturated rings. The van der Waals surface area contributed by atoms with Gasteiger partial charge in [0, 0.05) is 21.1 Å². The molecule has 3 aromatic carbocycles. The van der Waals surface area contributed by atoms with E-state index in [1.54, 1.807) is 24.3 Å². The molecule has 0 atom stereocenters. The molecule has 0 N–H and O–H groups in total. The monoisotopic (exact) mass is 822 g/mol. The van der Waals surface area contributed by atoms with Gasteiger partial charge in [-0.1, -0.05) is 77.9 Å². The SMILES string of the molecule is CCP(CC)CC.CCP(CC)CC.O=[PH](Oc1ccccc1)Oc1ccccc1.[Pt].[Se]c1ccccc1. The summed E-state index contributed by atoms with van der Waals surface area (Å²) in [5.74, 6) is 1.09. The van der Waals surface area contributed by atoms with Crippen molar-refractivity contribution < 1.29 is 34.7 Å². The van der Waals surface area contributed by atoms with Crippen molar-refractivity contribution in [1.29, 1.82) is 0 Å². The second-order valence-electron chi connectivity index (χ2n) is 7.63. The molecule has 0 bridgehead atoms. The average molecular weight is 822 g/mol. The van der Waals surface area contributed by atoms with E-state index in [1.807, 2.05) is 66.7 Å². The van der Waals surface area contributed by atoms with Crippen LogP contribution in [0.2, 0.25) is 0 Å². The van der Waals surface area contributed by atoms with Crippen LogP contribution in [0.15, 0.2) is 91.0 Å². The fraction of sp³-hybridized carbons (Fsp3) is 0.400. The molecule has 0 amide bonds. The minimum absolute atomic E-state index is 0. The van der Waals surface area contributed by atoms with Gasteiger partial charge in [-0.2, -0.15) is 0 Å². The van der Waals surface area contributed by atoms with Gasteiger partial charge in [0.05, 0.1) is 0 Å². The zero-order valence-electron chi connectivity index (χ0n) is 23.7. The molecule has 0 aliphatic rings. The van der Waals surface area contributed by atoms with Crippen LogP contribution in [0.4, 0.5) is 0 Å². The Balaban J connectivity index is 0. The van der Waals surface area contributed by atoms with Crippen LogP contribution < -0.4 is 13.5 Å². The van der Waals surface area contributed by atoms with E-state index in [0.717, 1.165) is 0 Å². The fourth-order valence-electron chi connectivity index (χ4n) is 2.95. The van der Waals surface area contributed by atoms with Crippen molar-refractivity contribution in [3.63, 3.8) is 0 Å². The predicted octanol–water partition coefficient (Wildman–Crippen LogP) is 9.07. The minimum atomic E-state index is -2.54. The van der Waals surface area contributed by atoms with Gasteiger partial charge in [-0.3, -0.25) is 0 Å². The maximum absolute atomic E-state index is 11.5. The third-order valence-electron chi connectivity index (χ3n) is 5.32. The molecule has 0 aliphatic carbocycles. The summed E-state index contributed by atoms with van der Waals surface area (Å²) in [5.41, 5.74) is 0. The summed E-state index contributed by atoms with van der Waals surface area (Å²) >= 11 is 2.90. The second-order valence-corrected chi connectivity index (χ2v) is 16.0. The number of hydrogen-bond donors (Lipinski definition) is 0. The van der Waals surface area contributed by atoms with Crippen LogP contribution in [-0.4, -0.2) is 53.0 Å².